The second-order valence-electron chi connectivity index (χ2n) is 4.03. The lowest BCUT2D eigenvalue weighted by Gasteiger charge is -2.20. The molecule has 17 heavy (non-hydrogen) atoms. The third-order valence-corrected chi connectivity index (χ3v) is 2.98. The molecule has 0 saturated carbocycles. The van der Waals surface area contributed by atoms with Gasteiger partial charge in [-0.15, -0.1) is 0 Å². The summed E-state index contributed by atoms with van der Waals surface area (Å²) in [6, 6.07) is 13.0. The zero-order chi connectivity index (χ0) is 11.8. The van der Waals surface area contributed by atoms with Gasteiger partial charge in [0.1, 0.15) is 5.69 Å². The Bertz CT molecular complexity index is 608. The van der Waals surface area contributed by atoms with Crippen molar-refractivity contribution in [2.24, 2.45) is 0 Å². The fraction of sp³-hybridized carbons (Fsp3) is 0.0769. The van der Waals surface area contributed by atoms with Gasteiger partial charge in [-0.2, -0.15) is 0 Å². The number of nitro benzene ring substituents is 1. The molecule has 0 amide bonds. The van der Waals surface area contributed by atoms with Crippen LogP contribution in [-0.2, 0) is 6.42 Å². The van der Waals surface area contributed by atoms with Crippen molar-refractivity contribution >= 4 is 17.1 Å². The topological polar surface area (TPSA) is 55.2 Å². The molecule has 1 aliphatic heterocycles. The molecule has 3 rings (SSSR count). The quantitative estimate of drug-likeness (QED) is 0.512. The number of rotatable bonds is 1. The second-order valence-corrected chi connectivity index (χ2v) is 4.03. The molecule has 4 nitrogen and oxygen atoms in total. The van der Waals surface area contributed by atoms with Crippen molar-refractivity contribution in [3.05, 3.63) is 63.7 Å². The van der Waals surface area contributed by atoms with Crippen LogP contribution in [0.5, 0.6) is 0 Å². The predicted molar refractivity (Wildman–Crippen MR) is 65.6 cm³/mol. The zero-order valence-electron chi connectivity index (χ0n) is 9.01. The molecule has 0 aliphatic carbocycles. The third-order valence-electron chi connectivity index (χ3n) is 2.98. The molecule has 84 valence electrons. The number of hydrogen-bond donors (Lipinski definition) is 1. The van der Waals surface area contributed by atoms with E-state index in [9.17, 15) is 10.1 Å². The average Bonchev–Trinajstić information content (AvgIpc) is 2.35. The maximum absolute atomic E-state index is 11.0. The standard InChI is InChI=1S/C13H10N2O2/c16-15(17)12-7-3-5-10-8-9-4-1-2-6-11(9)14-13(10)12/h1-7,14H,8H2. The van der Waals surface area contributed by atoms with Crippen LogP contribution in [-0.4, -0.2) is 4.92 Å². The molecular weight excluding hydrogens is 216 g/mol. The smallest absolute Gasteiger partial charge is 0.292 e. The highest BCUT2D eigenvalue weighted by Gasteiger charge is 2.22. The van der Waals surface area contributed by atoms with Gasteiger partial charge in [-0.05, 0) is 17.2 Å². The summed E-state index contributed by atoms with van der Waals surface area (Å²) in [5.41, 5.74) is 3.85. The number of hydrogen-bond acceptors (Lipinski definition) is 3. The maximum atomic E-state index is 11.0. The van der Waals surface area contributed by atoms with E-state index in [1.807, 2.05) is 30.3 Å². The van der Waals surface area contributed by atoms with Gasteiger partial charge in [-0.1, -0.05) is 30.3 Å². The average molecular weight is 226 g/mol. The minimum absolute atomic E-state index is 0.136. The molecular formula is C13H10N2O2. The number of benzene rings is 2. The first-order chi connectivity index (χ1) is 8.25. The van der Waals surface area contributed by atoms with Crippen molar-refractivity contribution in [3.63, 3.8) is 0 Å². The number of nitro groups is 1. The van der Waals surface area contributed by atoms with Crippen LogP contribution in [0.2, 0.25) is 0 Å². The van der Waals surface area contributed by atoms with Gasteiger partial charge in [0.25, 0.3) is 5.69 Å². The monoisotopic (exact) mass is 226 g/mol. The van der Waals surface area contributed by atoms with Crippen LogP contribution in [0.1, 0.15) is 11.1 Å². The third kappa shape index (κ3) is 1.54. The lowest BCUT2D eigenvalue weighted by Crippen LogP contribution is -2.08. The molecule has 0 atom stereocenters. The van der Waals surface area contributed by atoms with Gasteiger partial charge in [0.2, 0.25) is 0 Å². The van der Waals surface area contributed by atoms with Crippen LogP contribution in [0.25, 0.3) is 0 Å². The van der Waals surface area contributed by atoms with Crippen molar-refractivity contribution in [1.29, 1.82) is 0 Å². The molecule has 4 heteroatoms. The molecule has 0 aromatic heterocycles. The largest absolute Gasteiger partial charge is 0.349 e. The van der Waals surface area contributed by atoms with Gasteiger partial charge < -0.3 is 5.32 Å². The van der Waals surface area contributed by atoms with E-state index in [2.05, 4.69) is 5.32 Å². The number of anilines is 2. The molecule has 2 aromatic rings. The second kappa shape index (κ2) is 3.59. The van der Waals surface area contributed by atoms with Crippen molar-refractivity contribution in [1.82, 2.24) is 0 Å². The summed E-state index contributed by atoms with van der Waals surface area (Å²) in [5.74, 6) is 0. The highest BCUT2D eigenvalue weighted by molar-refractivity contribution is 5.78. The van der Waals surface area contributed by atoms with Gasteiger partial charge in [-0.3, -0.25) is 10.1 Å². The zero-order valence-corrected chi connectivity index (χ0v) is 9.01. The molecule has 0 bridgehead atoms. The fourth-order valence-corrected chi connectivity index (χ4v) is 2.17. The van der Waals surface area contributed by atoms with E-state index in [4.69, 9.17) is 0 Å². The predicted octanol–water partition coefficient (Wildman–Crippen LogP) is 3.24. The van der Waals surface area contributed by atoms with Gasteiger partial charge in [-0.25, -0.2) is 0 Å². The van der Waals surface area contributed by atoms with Gasteiger partial charge in [0.05, 0.1) is 4.92 Å². The lowest BCUT2D eigenvalue weighted by atomic mass is 9.97. The molecule has 2 aromatic carbocycles. The Balaban J connectivity index is 2.15. The van der Waals surface area contributed by atoms with E-state index in [0.29, 0.717) is 5.69 Å². The van der Waals surface area contributed by atoms with Crippen LogP contribution < -0.4 is 5.32 Å². The lowest BCUT2D eigenvalue weighted by molar-refractivity contribution is -0.384. The van der Waals surface area contributed by atoms with E-state index in [-0.39, 0.29) is 10.6 Å². The van der Waals surface area contributed by atoms with Crippen LogP contribution in [0.15, 0.2) is 42.5 Å². The van der Waals surface area contributed by atoms with Gasteiger partial charge in [0, 0.05) is 18.2 Å². The summed E-state index contributed by atoms with van der Waals surface area (Å²) in [6.07, 6.45) is 0.736. The van der Waals surface area contributed by atoms with Crippen molar-refractivity contribution in [2.75, 3.05) is 5.32 Å². The molecule has 0 saturated heterocycles. The normalized spacial score (nSPS) is 12.2. The summed E-state index contributed by atoms with van der Waals surface area (Å²) >= 11 is 0. The van der Waals surface area contributed by atoms with E-state index in [1.54, 1.807) is 6.07 Å². The molecule has 1 aliphatic rings. The Morgan fingerprint density at radius 3 is 2.65 bits per heavy atom. The molecule has 1 N–H and O–H groups in total. The van der Waals surface area contributed by atoms with Crippen LogP contribution >= 0.6 is 0 Å². The Kier molecular flexibility index (Phi) is 2.08. The molecule has 0 radical (unpaired) electrons. The minimum atomic E-state index is -0.347. The summed E-state index contributed by atoms with van der Waals surface area (Å²) in [4.78, 5) is 10.6. The number of nitrogens with one attached hydrogen (secondary N) is 1. The number of para-hydroxylation sites is 2. The summed E-state index contributed by atoms with van der Waals surface area (Å²) in [5, 5.41) is 14.1. The van der Waals surface area contributed by atoms with E-state index >= 15 is 0 Å². The van der Waals surface area contributed by atoms with E-state index in [0.717, 1.165) is 17.7 Å². The van der Waals surface area contributed by atoms with E-state index < -0.39 is 0 Å². The van der Waals surface area contributed by atoms with Crippen molar-refractivity contribution < 1.29 is 4.92 Å². The van der Waals surface area contributed by atoms with Crippen LogP contribution in [0.4, 0.5) is 17.1 Å². The Hall–Kier alpha value is -2.36. The van der Waals surface area contributed by atoms with Crippen molar-refractivity contribution in [2.45, 2.75) is 6.42 Å². The number of nitrogens with zero attached hydrogens (tertiary/aromatic N) is 1. The van der Waals surface area contributed by atoms with Crippen molar-refractivity contribution in [3.8, 4) is 0 Å². The van der Waals surface area contributed by atoms with Crippen LogP contribution in [0.3, 0.4) is 0 Å². The number of fused-ring (bicyclic) bond motifs is 2. The molecule has 0 unspecified atom stereocenters. The molecule has 1 heterocycles. The highest BCUT2D eigenvalue weighted by Crippen LogP contribution is 2.38. The summed E-state index contributed by atoms with van der Waals surface area (Å²) in [7, 11) is 0. The summed E-state index contributed by atoms with van der Waals surface area (Å²) < 4.78 is 0. The SMILES string of the molecule is O=[N+]([O-])c1cccc2c1Nc1ccccc1C2. The summed E-state index contributed by atoms with van der Waals surface area (Å²) in [6.45, 7) is 0. The maximum Gasteiger partial charge on any atom is 0.292 e. The van der Waals surface area contributed by atoms with E-state index in [1.165, 1.54) is 11.6 Å². The Labute approximate surface area is 98.1 Å². The first-order valence-electron chi connectivity index (χ1n) is 5.37. The molecule has 0 fully saturated rings. The Morgan fingerprint density at radius 1 is 1.06 bits per heavy atom. The first kappa shape index (κ1) is 9.84. The Morgan fingerprint density at radius 2 is 1.82 bits per heavy atom. The highest BCUT2D eigenvalue weighted by atomic mass is 16.6. The first-order valence-corrected chi connectivity index (χ1v) is 5.37. The van der Waals surface area contributed by atoms with Crippen LogP contribution in [0, 0.1) is 10.1 Å². The van der Waals surface area contributed by atoms with Gasteiger partial charge in [0.15, 0.2) is 0 Å². The van der Waals surface area contributed by atoms with Gasteiger partial charge >= 0.3 is 0 Å². The minimum Gasteiger partial charge on any atom is -0.349 e. The fourth-order valence-electron chi connectivity index (χ4n) is 2.17. The molecule has 0 spiro atoms.